The predicted molar refractivity (Wildman–Crippen MR) is 135 cm³/mol. The summed E-state index contributed by atoms with van der Waals surface area (Å²) in [5, 5.41) is 13.2. The number of hydrogen-bond acceptors (Lipinski definition) is 4. The molecule has 6 nitrogen and oxygen atoms in total. The van der Waals surface area contributed by atoms with E-state index in [9.17, 15) is 9.90 Å². The predicted octanol–water partition coefficient (Wildman–Crippen LogP) is 5.83. The smallest absolute Gasteiger partial charge is 0.335 e. The van der Waals surface area contributed by atoms with Gasteiger partial charge >= 0.3 is 5.97 Å². The number of pyridine rings is 1. The quantitative estimate of drug-likeness (QED) is 0.356. The van der Waals surface area contributed by atoms with E-state index < -0.39 is 5.97 Å². The summed E-state index contributed by atoms with van der Waals surface area (Å²) in [6.07, 6.45) is 1.77. The summed E-state index contributed by atoms with van der Waals surface area (Å²) in [4.78, 5) is 17.8. The van der Waals surface area contributed by atoms with Crippen molar-refractivity contribution < 1.29 is 14.3 Å². The minimum absolute atomic E-state index is 0.205. The van der Waals surface area contributed by atoms with E-state index in [0.717, 1.165) is 22.7 Å². The lowest BCUT2D eigenvalue weighted by atomic mass is 10.0. The van der Waals surface area contributed by atoms with Crippen molar-refractivity contribution in [1.29, 1.82) is 0 Å². The molecule has 2 aromatic carbocycles. The van der Waals surface area contributed by atoms with Crippen molar-refractivity contribution in [3.05, 3.63) is 107 Å². The first-order valence-electron chi connectivity index (χ1n) is 10.9. The molecule has 5 rings (SSSR count). The highest BCUT2D eigenvalue weighted by molar-refractivity contribution is 7.80. The third-order valence-electron chi connectivity index (χ3n) is 6.20. The number of benzene rings is 2. The lowest BCUT2D eigenvalue weighted by molar-refractivity contribution is 0.0697. The van der Waals surface area contributed by atoms with Crippen molar-refractivity contribution in [2.45, 2.75) is 25.9 Å². The number of carbonyl (C=O) groups is 1. The molecule has 0 radical (unpaired) electrons. The third-order valence-corrected chi connectivity index (χ3v) is 6.52. The largest absolute Gasteiger partial charge is 0.478 e. The fourth-order valence-electron chi connectivity index (χ4n) is 4.24. The van der Waals surface area contributed by atoms with E-state index in [1.165, 1.54) is 11.1 Å². The van der Waals surface area contributed by atoms with Crippen molar-refractivity contribution in [1.82, 2.24) is 10.3 Å². The zero-order chi connectivity index (χ0) is 23.8. The number of nitrogens with one attached hydrogen (secondary N) is 1. The molecule has 2 atom stereocenters. The minimum atomic E-state index is -0.959. The van der Waals surface area contributed by atoms with Gasteiger partial charge in [0.2, 0.25) is 0 Å². The molecule has 1 aliphatic rings. The van der Waals surface area contributed by atoms with Crippen LogP contribution in [0.3, 0.4) is 0 Å². The van der Waals surface area contributed by atoms with Crippen LogP contribution in [0.15, 0.2) is 83.4 Å². The molecule has 3 heterocycles. The minimum Gasteiger partial charge on any atom is -0.478 e. The molecule has 2 N–H and O–H groups in total. The summed E-state index contributed by atoms with van der Waals surface area (Å²) in [6, 6.07) is 22.2. The van der Waals surface area contributed by atoms with Gasteiger partial charge in [-0.3, -0.25) is 4.98 Å². The van der Waals surface area contributed by atoms with Gasteiger partial charge in [0.15, 0.2) is 5.11 Å². The van der Waals surface area contributed by atoms with E-state index in [1.807, 2.05) is 30.3 Å². The van der Waals surface area contributed by atoms with Crippen LogP contribution in [-0.4, -0.2) is 21.2 Å². The summed E-state index contributed by atoms with van der Waals surface area (Å²) < 4.78 is 6.34. The molecule has 7 heteroatoms. The maximum Gasteiger partial charge on any atom is 0.335 e. The van der Waals surface area contributed by atoms with Gasteiger partial charge in [-0.2, -0.15) is 0 Å². The van der Waals surface area contributed by atoms with Crippen molar-refractivity contribution in [3.8, 4) is 11.3 Å². The average Bonchev–Trinajstić information content (AvgIpc) is 3.46. The van der Waals surface area contributed by atoms with Crippen molar-refractivity contribution in [2.75, 3.05) is 4.90 Å². The molecule has 0 saturated carbocycles. The first-order chi connectivity index (χ1) is 16.4. The zero-order valence-electron chi connectivity index (χ0n) is 18.7. The van der Waals surface area contributed by atoms with E-state index >= 15 is 0 Å². The van der Waals surface area contributed by atoms with Crippen LogP contribution in [-0.2, 0) is 0 Å². The number of rotatable bonds is 5. The molecule has 0 bridgehead atoms. The van der Waals surface area contributed by atoms with Gasteiger partial charge in [-0.1, -0.05) is 24.3 Å². The summed E-state index contributed by atoms with van der Waals surface area (Å²) in [5.41, 5.74) is 5.27. The first-order valence-corrected chi connectivity index (χ1v) is 11.3. The van der Waals surface area contributed by atoms with Crippen LogP contribution >= 0.6 is 12.2 Å². The highest BCUT2D eigenvalue weighted by Crippen LogP contribution is 2.43. The first kappa shape index (κ1) is 21.9. The number of nitrogens with zero attached hydrogens (tertiary/aromatic N) is 2. The van der Waals surface area contributed by atoms with Crippen LogP contribution in [0.2, 0.25) is 0 Å². The Labute approximate surface area is 202 Å². The fourth-order valence-corrected chi connectivity index (χ4v) is 4.59. The molecule has 0 spiro atoms. The van der Waals surface area contributed by atoms with E-state index in [2.05, 4.69) is 47.2 Å². The standard InChI is InChI=1S/C27H23N3O3S/c1-16-6-11-20(15-17(16)2)30-25(24(29-27(30)34)21-5-3-4-14-28-21)23-13-12-22(33-23)18-7-9-19(10-8-18)26(31)32/h3-15,24-25H,1-2H3,(H,29,34)(H,31,32)/t24-,25-/m0/s1. The number of aromatic carboxylic acids is 1. The van der Waals surface area contributed by atoms with Crippen molar-refractivity contribution >= 4 is 29.0 Å². The van der Waals surface area contributed by atoms with Crippen LogP contribution in [0.1, 0.15) is 45.0 Å². The molecule has 1 fully saturated rings. The molecule has 2 aromatic heterocycles. The van der Waals surface area contributed by atoms with E-state index in [1.54, 1.807) is 30.5 Å². The summed E-state index contributed by atoms with van der Waals surface area (Å²) in [7, 11) is 0. The van der Waals surface area contributed by atoms with E-state index in [-0.39, 0.29) is 17.6 Å². The third kappa shape index (κ3) is 3.95. The second-order valence-electron chi connectivity index (χ2n) is 8.35. The second-order valence-corrected chi connectivity index (χ2v) is 8.74. The number of anilines is 1. The van der Waals surface area contributed by atoms with E-state index in [0.29, 0.717) is 10.9 Å². The molecular formula is C27H23N3O3S. The Balaban J connectivity index is 1.57. The van der Waals surface area contributed by atoms with Gasteiger partial charge in [-0.25, -0.2) is 4.79 Å². The lowest BCUT2D eigenvalue weighted by Crippen LogP contribution is -2.29. The Kier molecular flexibility index (Phi) is 5.63. The van der Waals surface area contributed by atoms with Gasteiger partial charge in [0.25, 0.3) is 0 Å². The van der Waals surface area contributed by atoms with Gasteiger partial charge < -0.3 is 19.7 Å². The number of aryl methyl sites for hydroxylation is 2. The number of carboxylic acids is 1. The second kappa shape index (κ2) is 8.76. The Bertz CT molecular complexity index is 1370. The fraction of sp³-hybridized carbons (Fsp3) is 0.148. The Morgan fingerprint density at radius 2 is 1.82 bits per heavy atom. The summed E-state index contributed by atoms with van der Waals surface area (Å²) in [5.74, 6) is 0.433. The molecule has 1 saturated heterocycles. The summed E-state index contributed by atoms with van der Waals surface area (Å²) >= 11 is 5.78. The SMILES string of the molecule is Cc1ccc(N2C(=S)N[C@@H](c3ccccn3)[C@@H]2c2ccc(-c3ccc(C(=O)O)cc3)o2)cc1C. The van der Waals surface area contributed by atoms with Gasteiger partial charge in [0.05, 0.1) is 17.3 Å². The number of thiocarbonyl (C=S) groups is 1. The Morgan fingerprint density at radius 1 is 1.03 bits per heavy atom. The van der Waals surface area contributed by atoms with Crippen LogP contribution < -0.4 is 10.2 Å². The van der Waals surface area contributed by atoms with Gasteiger partial charge in [0.1, 0.15) is 17.6 Å². The molecule has 0 aliphatic carbocycles. The van der Waals surface area contributed by atoms with Gasteiger partial charge in [0, 0.05) is 17.4 Å². The number of furan rings is 1. The van der Waals surface area contributed by atoms with Gasteiger partial charge in [-0.05, 0) is 85.7 Å². The van der Waals surface area contributed by atoms with Gasteiger partial charge in [-0.15, -0.1) is 0 Å². The number of carboxylic acid groups (broad SMARTS) is 1. The number of hydrogen-bond donors (Lipinski definition) is 2. The molecule has 34 heavy (non-hydrogen) atoms. The van der Waals surface area contributed by atoms with Crippen molar-refractivity contribution in [3.63, 3.8) is 0 Å². The average molecular weight is 470 g/mol. The Morgan fingerprint density at radius 3 is 2.50 bits per heavy atom. The highest BCUT2D eigenvalue weighted by Gasteiger charge is 2.42. The molecule has 1 aliphatic heterocycles. The van der Waals surface area contributed by atoms with Crippen LogP contribution in [0.5, 0.6) is 0 Å². The molecule has 4 aromatic rings. The monoisotopic (exact) mass is 469 g/mol. The topological polar surface area (TPSA) is 78.6 Å². The normalized spacial score (nSPS) is 17.6. The van der Waals surface area contributed by atoms with Crippen LogP contribution in [0.4, 0.5) is 5.69 Å². The molecular weight excluding hydrogens is 446 g/mol. The molecule has 0 unspecified atom stereocenters. The Hall–Kier alpha value is -3.97. The lowest BCUT2D eigenvalue weighted by Gasteiger charge is -2.26. The zero-order valence-corrected chi connectivity index (χ0v) is 19.5. The maximum absolute atomic E-state index is 11.2. The van der Waals surface area contributed by atoms with E-state index in [4.69, 9.17) is 16.6 Å². The van der Waals surface area contributed by atoms with Crippen LogP contribution in [0, 0.1) is 13.8 Å². The highest BCUT2D eigenvalue weighted by atomic mass is 32.1. The molecule has 170 valence electrons. The maximum atomic E-state index is 11.2. The summed E-state index contributed by atoms with van der Waals surface area (Å²) in [6.45, 7) is 4.17. The van der Waals surface area contributed by atoms with Crippen molar-refractivity contribution in [2.24, 2.45) is 0 Å². The number of aromatic nitrogens is 1. The van der Waals surface area contributed by atoms with Crippen LogP contribution in [0.25, 0.3) is 11.3 Å². The molecule has 0 amide bonds.